The Labute approximate surface area is 86.1 Å². The zero-order chi connectivity index (χ0) is 9.86. The van der Waals surface area contributed by atoms with Crippen LogP contribution >= 0.6 is 0 Å². The number of hydrogen-bond donors (Lipinski definition) is 0. The molecule has 14 heavy (non-hydrogen) atoms. The first-order valence-electron chi connectivity index (χ1n) is 5.51. The van der Waals surface area contributed by atoms with Gasteiger partial charge in [0.2, 0.25) is 0 Å². The minimum atomic E-state index is 0.371. The van der Waals surface area contributed by atoms with Crippen molar-refractivity contribution < 1.29 is 4.74 Å². The molecule has 0 aromatic heterocycles. The maximum Gasteiger partial charge on any atom is 0.0562 e. The van der Waals surface area contributed by atoms with Crippen LogP contribution in [0.1, 0.15) is 31.7 Å². The first-order valence-corrected chi connectivity index (χ1v) is 5.51. The Bertz CT molecular complexity index is 275. The molecule has 0 N–H and O–H groups in total. The van der Waals surface area contributed by atoms with E-state index in [0.717, 1.165) is 19.6 Å². The summed E-state index contributed by atoms with van der Waals surface area (Å²) in [4.78, 5) is 0. The van der Waals surface area contributed by atoms with Crippen LogP contribution in [0.25, 0.3) is 0 Å². The van der Waals surface area contributed by atoms with Crippen LogP contribution in [0.3, 0.4) is 0 Å². The summed E-state index contributed by atoms with van der Waals surface area (Å²) < 4.78 is 5.66. The lowest BCUT2D eigenvalue weighted by Gasteiger charge is -2.15. The molecule has 0 aliphatic heterocycles. The van der Waals surface area contributed by atoms with Crippen LogP contribution < -0.4 is 0 Å². The highest BCUT2D eigenvalue weighted by atomic mass is 16.5. The second-order valence-corrected chi connectivity index (χ2v) is 4.20. The molecule has 1 nitrogen and oxygen atoms in total. The number of rotatable bonds is 5. The fourth-order valence-corrected chi connectivity index (χ4v) is 1.87. The fourth-order valence-electron chi connectivity index (χ4n) is 1.87. The van der Waals surface area contributed by atoms with E-state index in [-0.39, 0.29) is 0 Å². The standard InChI is InChI=1S/C13H18O/c1-2-10-14-11-13(8-9-13)12-6-4-3-5-7-12/h3-7H,2,8-11H2,1H3. The molecule has 2 rings (SSSR count). The van der Waals surface area contributed by atoms with Crippen molar-refractivity contribution in [3.63, 3.8) is 0 Å². The van der Waals surface area contributed by atoms with Crippen molar-refractivity contribution in [1.29, 1.82) is 0 Å². The van der Waals surface area contributed by atoms with Gasteiger partial charge in [-0.2, -0.15) is 0 Å². The van der Waals surface area contributed by atoms with Crippen LogP contribution in [-0.4, -0.2) is 13.2 Å². The summed E-state index contributed by atoms with van der Waals surface area (Å²) in [5, 5.41) is 0. The molecular weight excluding hydrogens is 172 g/mol. The molecule has 1 fully saturated rings. The third-order valence-electron chi connectivity index (χ3n) is 2.97. The van der Waals surface area contributed by atoms with E-state index in [0.29, 0.717) is 5.41 Å². The van der Waals surface area contributed by atoms with Gasteiger partial charge in [0, 0.05) is 12.0 Å². The Balaban J connectivity index is 1.96. The monoisotopic (exact) mass is 190 g/mol. The molecule has 0 unspecified atom stereocenters. The van der Waals surface area contributed by atoms with Gasteiger partial charge in [0.05, 0.1) is 6.61 Å². The molecule has 1 aromatic rings. The molecule has 0 heterocycles. The average Bonchev–Trinajstić information content (AvgIpc) is 3.01. The Morgan fingerprint density at radius 2 is 1.93 bits per heavy atom. The summed E-state index contributed by atoms with van der Waals surface area (Å²) in [5.41, 5.74) is 1.83. The first kappa shape index (κ1) is 9.72. The average molecular weight is 190 g/mol. The van der Waals surface area contributed by atoms with E-state index in [2.05, 4.69) is 37.3 Å². The molecule has 0 saturated heterocycles. The van der Waals surface area contributed by atoms with Crippen LogP contribution in [0.2, 0.25) is 0 Å². The summed E-state index contributed by atoms with van der Waals surface area (Å²) >= 11 is 0. The molecule has 1 aliphatic carbocycles. The van der Waals surface area contributed by atoms with Crippen molar-refractivity contribution in [2.45, 2.75) is 31.6 Å². The Hall–Kier alpha value is -0.820. The minimum Gasteiger partial charge on any atom is -0.381 e. The maximum atomic E-state index is 5.66. The van der Waals surface area contributed by atoms with E-state index in [1.165, 1.54) is 18.4 Å². The van der Waals surface area contributed by atoms with Crippen molar-refractivity contribution >= 4 is 0 Å². The highest BCUT2D eigenvalue weighted by molar-refractivity contribution is 5.31. The van der Waals surface area contributed by atoms with Gasteiger partial charge in [-0.3, -0.25) is 0 Å². The summed E-state index contributed by atoms with van der Waals surface area (Å²) in [7, 11) is 0. The zero-order valence-corrected chi connectivity index (χ0v) is 8.83. The smallest absolute Gasteiger partial charge is 0.0562 e. The topological polar surface area (TPSA) is 9.23 Å². The third-order valence-corrected chi connectivity index (χ3v) is 2.97. The van der Waals surface area contributed by atoms with Crippen molar-refractivity contribution in [2.75, 3.05) is 13.2 Å². The molecule has 0 atom stereocenters. The first-order chi connectivity index (χ1) is 6.87. The lowest BCUT2D eigenvalue weighted by molar-refractivity contribution is 0.114. The Morgan fingerprint density at radius 1 is 1.21 bits per heavy atom. The quantitative estimate of drug-likeness (QED) is 0.648. The second-order valence-electron chi connectivity index (χ2n) is 4.20. The van der Waals surface area contributed by atoms with Gasteiger partial charge in [0.25, 0.3) is 0 Å². The van der Waals surface area contributed by atoms with Crippen molar-refractivity contribution in [3.05, 3.63) is 35.9 Å². The van der Waals surface area contributed by atoms with Crippen molar-refractivity contribution in [1.82, 2.24) is 0 Å². The largest absolute Gasteiger partial charge is 0.381 e. The third kappa shape index (κ3) is 1.98. The maximum absolute atomic E-state index is 5.66. The lowest BCUT2D eigenvalue weighted by atomic mass is 9.97. The van der Waals surface area contributed by atoms with Gasteiger partial charge in [-0.1, -0.05) is 37.3 Å². The van der Waals surface area contributed by atoms with Gasteiger partial charge < -0.3 is 4.74 Å². The van der Waals surface area contributed by atoms with E-state index >= 15 is 0 Å². The predicted molar refractivity (Wildman–Crippen MR) is 58.5 cm³/mol. The molecule has 1 heteroatoms. The van der Waals surface area contributed by atoms with Crippen LogP contribution in [0, 0.1) is 0 Å². The van der Waals surface area contributed by atoms with Gasteiger partial charge in [-0.05, 0) is 24.8 Å². The molecule has 0 amide bonds. The normalized spacial score (nSPS) is 18.1. The molecule has 0 radical (unpaired) electrons. The predicted octanol–water partition coefficient (Wildman–Crippen LogP) is 3.14. The van der Waals surface area contributed by atoms with Gasteiger partial charge >= 0.3 is 0 Å². The van der Waals surface area contributed by atoms with E-state index < -0.39 is 0 Å². The molecular formula is C13H18O. The molecule has 0 spiro atoms. The minimum absolute atomic E-state index is 0.371. The summed E-state index contributed by atoms with van der Waals surface area (Å²) in [5.74, 6) is 0. The van der Waals surface area contributed by atoms with Crippen LogP contribution in [-0.2, 0) is 10.2 Å². The van der Waals surface area contributed by atoms with Gasteiger partial charge in [0.15, 0.2) is 0 Å². The van der Waals surface area contributed by atoms with Gasteiger partial charge in [-0.15, -0.1) is 0 Å². The van der Waals surface area contributed by atoms with Crippen molar-refractivity contribution in [2.24, 2.45) is 0 Å². The molecule has 1 saturated carbocycles. The van der Waals surface area contributed by atoms with Crippen LogP contribution in [0.5, 0.6) is 0 Å². The highest BCUT2D eigenvalue weighted by Gasteiger charge is 2.44. The van der Waals surface area contributed by atoms with Crippen LogP contribution in [0.4, 0.5) is 0 Å². The fraction of sp³-hybridized carbons (Fsp3) is 0.538. The highest BCUT2D eigenvalue weighted by Crippen LogP contribution is 2.48. The zero-order valence-electron chi connectivity index (χ0n) is 8.83. The molecule has 1 aromatic carbocycles. The molecule has 0 bridgehead atoms. The lowest BCUT2D eigenvalue weighted by Crippen LogP contribution is -2.15. The molecule has 1 aliphatic rings. The summed E-state index contributed by atoms with van der Waals surface area (Å²) in [6, 6.07) is 10.8. The van der Waals surface area contributed by atoms with E-state index in [1.54, 1.807) is 0 Å². The SMILES string of the molecule is CCCOCC1(c2ccccc2)CC1. The summed E-state index contributed by atoms with van der Waals surface area (Å²) in [6.45, 7) is 3.96. The number of hydrogen-bond acceptors (Lipinski definition) is 1. The number of benzene rings is 1. The van der Waals surface area contributed by atoms with E-state index in [4.69, 9.17) is 4.74 Å². The van der Waals surface area contributed by atoms with E-state index in [9.17, 15) is 0 Å². The van der Waals surface area contributed by atoms with Crippen molar-refractivity contribution in [3.8, 4) is 0 Å². The Kier molecular flexibility index (Phi) is 2.87. The Morgan fingerprint density at radius 3 is 2.50 bits per heavy atom. The van der Waals surface area contributed by atoms with Gasteiger partial charge in [0.1, 0.15) is 0 Å². The van der Waals surface area contributed by atoms with E-state index in [1.807, 2.05) is 0 Å². The number of ether oxygens (including phenoxy) is 1. The van der Waals surface area contributed by atoms with Crippen LogP contribution in [0.15, 0.2) is 30.3 Å². The summed E-state index contributed by atoms with van der Waals surface area (Å²) in [6.07, 6.45) is 3.70. The molecule has 76 valence electrons. The van der Waals surface area contributed by atoms with Gasteiger partial charge in [-0.25, -0.2) is 0 Å². The second kappa shape index (κ2) is 4.14.